The van der Waals surface area contributed by atoms with Gasteiger partial charge in [0.1, 0.15) is 4.21 Å². The third-order valence-electron chi connectivity index (χ3n) is 3.43. The van der Waals surface area contributed by atoms with Gasteiger partial charge in [-0.1, -0.05) is 0 Å². The van der Waals surface area contributed by atoms with Crippen LogP contribution < -0.4 is 0 Å². The largest absolute Gasteiger partial charge is 0.252 e. The van der Waals surface area contributed by atoms with Gasteiger partial charge in [-0.15, -0.1) is 22.9 Å². The number of aryl methyl sites for hydroxylation is 1. The molecule has 2 rings (SSSR count). The van der Waals surface area contributed by atoms with Crippen LogP contribution in [0.1, 0.15) is 24.8 Å². The van der Waals surface area contributed by atoms with Crippen molar-refractivity contribution in [3.05, 3.63) is 15.4 Å². The molecule has 2 heterocycles. The maximum Gasteiger partial charge on any atom is 0.252 e. The van der Waals surface area contributed by atoms with Crippen LogP contribution in [0.3, 0.4) is 0 Å². The summed E-state index contributed by atoms with van der Waals surface area (Å²) < 4.78 is 28.1. The fourth-order valence-corrected chi connectivity index (χ4v) is 6.57. The molecule has 3 nitrogen and oxygen atoms in total. The molecule has 0 amide bonds. The average molecular weight is 387 g/mol. The van der Waals surface area contributed by atoms with Gasteiger partial charge in [0.15, 0.2) is 0 Å². The van der Waals surface area contributed by atoms with Crippen molar-refractivity contribution in [1.82, 2.24) is 4.31 Å². The first-order valence-electron chi connectivity index (χ1n) is 6.27. The van der Waals surface area contributed by atoms with Crippen molar-refractivity contribution in [3.63, 3.8) is 0 Å². The standard InChI is InChI=1S/C12H17BrClNO2S2/c1-9-7-11(18-12(9)13)19(16,17)15-6-2-3-10(8-15)4-5-14/h7,10H,2-6,8H2,1H3. The van der Waals surface area contributed by atoms with Crippen LogP contribution in [-0.2, 0) is 10.0 Å². The molecule has 7 heteroatoms. The maximum absolute atomic E-state index is 12.6. The van der Waals surface area contributed by atoms with E-state index in [1.165, 1.54) is 11.3 Å². The SMILES string of the molecule is Cc1cc(S(=O)(=O)N2CCCC(CCCl)C2)sc1Br. The molecule has 19 heavy (non-hydrogen) atoms. The van der Waals surface area contributed by atoms with Gasteiger partial charge >= 0.3 is 0 Å². The van der Waals surface area contributed by atoms with Gasteiger partial charge in [-0.05, 0) is 59.7 Å². The molecule has 0 aliphatic carbocycles. The Labute approximate surface area is 132 Å². The predicted molar refractivity (Wildman–Crippen MR) is 83.6 cm³/mol. The number of nitrogens with zero attached hydrogens (tertiary/aromatic N) is 1. The van der Waals surface area contributed by atoms with E-state index in [2.05, 4.69) is 15.9 Å². The molecule has 0 N–H and O–H groups in total. The van der Waals surface area contributed by atoms with Gasteiger partial charge in [0.25, 0.3) is 10.0 Å². The van der Waals surface area contributed by atoms with E-state index < -0.39 is 10.0 Å². The van der Waals surface area contributed by atoms with E-state index in [0.717, 1.165) is 28.6 Å². The summed E-state index contributed by atoms with van der Waals surface area (Å²) in [5.74, 6) is 0.993. The van der Waals surface area contributed by atoms with Crippen molar-refractivity contribution < 1.29 is 8.42 Å². The zero-order chi connectivity index (χ0) is 14.0. The zero-order valence-electron chi connectivity index (χ0n) is 10.7. The third kappa shape index (κ3) is 3.53. The lowest BCUT2D eigenvalue weighted by molar-refractivity contribution is 0.262. The highest BCUT2D eigenvalue weighted by atomic mass is 79.9. The maximum atomic E-state index is 12.6. The summed E-state index contributed by atoms with van der Waals surface area (Å²) in [6, 6.07) is 1.75. The fourth-order valence-electron chi connectivity index (χ4n) is 2.32. The second kappa shape index (κ2) is 6.43. The van der Waals surface area contributed by atoms with Crippen molar-refractivity contribution in [1.29, 1.82) is 0 Å². The van der Waals surface area contributed by atoms with E-state index in [-0.39, 0.29) is 0 Å². The van der Waals surface area contributed by atoms with Crippen LogP contribution in [-0.4, -0.2) is 31.7 Å². The van der Waals surface area contributed by atoms with Crippen molar-refractivity contribution in [2.24, 2.45) is 5.92 Å². The van der Waals surface area contributed by atoms with Gasteiger partial charge in [-0.25, -0.2) is 8.42 Å². The van der Waals surface area contributed by atoms with E-state index in [0.29, 0.717) is 29.1 Å². The number of hydrogen-bond donors (Lipinski definition) is 0. The summed E-state index contributed by atoms with van der Waals surface area (Å²) in [5, 5.41) is 0. The van der Waals surface area contributed by atoms with E-state index in [1.54, 1.807) is 10.4 Å². The lowest BCUT2D eigenvalue weighted by Gasteiger charge is -2.31. The number of rotatable bonds is 4. The summed E-state index contributed by atoms with van der Waals surface area (Å²) >= 11 is 10.4. The second-order valence-corrected chi connectivity index (χ2v) is 9.78. The van der Waals surface area contributed by atoms with E-state index >= 15 is 0 Å². The van der Waals surface area contributed by atoms with E-state index in [9.17, 15) is 8.42 Å². The highest BCUT2D eigenvalue weighted by Crippen LogP contribution is 2.34. The number of halogens is 2. The number of hydrogen-bond acceptors (Lipinski definition) is 3. The molecule has 1 saturated heterocycles. The molecule has 1 atom stereocenters. The summed E-state index contributed by atoms with van der Waals surface area (Å²) in [4.78, 5) is 0. The molecular weight excluding hydrogens is 370 g/mol. The van der Waals surface area contributed by atoms with Gasteiger partial charge in [0.05, 0.1) is 3.79 Å². The molecule has 1 aromatic rings. The summed E-state index contributed by atoms with van der Waals surface area (Å²) in [7, 11) is -3.34. The summed E-state index contributed by atoms with van der Waals surface area (Å²) in [5.41, 5.74) is 0.970. The Morgan fingerprint density at radius 1 is 1.58 bits per heavy atom. The first-order chi connectivity index (χ1) is 8.95. The van der Waals surface area contributed by atoms with Crippen molar-refractivity contribution in [2.45, 2.75) is 30.4 Å². The first-order valence-corrected chi connectivity index (χ1v) is 9.85. The second-order valence-electron chi connectivity index (χ2n) is 4.87. The number of sulfonamides is 1. The van der Waals surface area contributed by atoms with Gasteiger partial charge in [0.2, 0.25) is 0 Å². The van der Waals surface area contributed by atoms with Crippen molar-refractivity contribution in [2.75, 3.05) is 19.0 Å². The Morgan fingerprint density at radius 3 is 2.89 bits per heavy atom. The minimum Gasteiger partial charge on any atom is -0.206 e. The Balaban J connectivity index is 2.19. The summed E-state index contributed by atoms with van der Waals surface area (Å²) in [6.45, 7) is 3.13. The Hall–Kier alpha value is 0.380. The minimum absolute atomic E-state index is 0.394. The van der Waals surface area contributed by atoms with Crippen LogP contribution in [0.15, 0.2) is 14.1 Å². The topological polar surface area (TPSA) is 37.4 Å². The molecule has 0 saturated carbocycles. The van der Waals surface area contributed by atoms with Crippen LogP contribution in [0, 0.1) is 12.8 Å². The van der Waals surface area contributed by atoms with Gasteiger partial charge in [-0.3, -0.25) is 0 Å². The molecule has 0 radical (unpaired) electrons. The van der Waals surface area contributed by atoms with Crippen LogP contribution in [0.5, 0.6) is 0 Å². The molecule has 0 aromatic carbocycles. The smallest absolute Gasteiger partial charge is 0.206 e. The highest BCUT2D eigenvalue weighted by Gasteiger charge is 2.31. The Kier molecular flexibility index (Phi) is 5.34. The normalized spacial score (nSPS) is 21.7. The molecule has 1 aliphatic heterocycles. The molecule has 1 aliphatic rings. The first kappa shape index (κ1) is 15.8. The van der Waals surface area contributed by atoms with Crippen LogP contribution in [0.2, 0.25) is 0 Å². The molecule has 1 unspecified atom stereocenters. The zero-order valence-corrected chi connectivity index (χ0v) is 14.7. The highest BCUT2D eigenvalue weighted by molar-refractivity contribution is 9.11. The molecule has 0 bridgehead atoms. The van der Waals surface area contributed by atoms with E-state index in [4.69, 9.17) is 11.6 Å². The van der Waals surface area contributed by atoms with E-state index in [1.807, 2.05) is 6.92 Å². The molecular formula is C12H17BrClNO2S2. The van der Waals surface area contributed by atoms with Crippen LogP contribution in [0.25, 0.3) is 0 Å². The molecule has 0 spiro atoms. The molecule has 108 valence electrons. The number of thiophene rings is 1. The van der Waals surface area contributed by atoms with Crippen molar-refractivity contribution >= 4 is 48.9 Å². The molecule has 1 fully saturated rings. The lowest BCUT2D eigenvalue weighted by Crippen LogP contribution is -2.39. The number of alkyl halides is 1. The quantitative estimate of drug-likeness (QED) is 0.737. The van der Waals surface area contributed by atoms with Gasteiger partial charge in [-0.2, -0.15) is 4.31 Å². The van der Waals surface area contributed by atoms with Gasteiger partial charge < -0.3 is 0 Å². The Morgan fingerprint density at radius 2 is 2.32 bits per heavy atom. The average Bonchev–Trinajstić information content (AvgIpc) is 2.71. The van der Waals surface area contributed by atoms with Crippen LogP contribution in [0.4, 0.5) is 0 Å². The fraction of sp³-hybridized carbons (Fsp3) is 0.667. The molecule has 1 aromatic heterocycles. The van der Waals surface area contributed by atoms with Gasteiger partial charge in [0, 0.05) is 19.0 Å². The summed E-state index contributed by atoms with van der Waals surface area (Å²) in [6.07, 6.45) is 2.89. The third-order valence-corrected chi connectivity index (χ3v) is 8.10. The predicted octanol–water partition coefficient (Wildman–Crippen LogP) is 3.85. The minimum atomic E-state index is -3.34. The monoisotopic (exact) mass is 385 g/mol. The van der Waals surface area contributed by atoms with Crippen molar-refractivity contribution in [3.8, 4) is 0 Å². The Bertz CT molecular complexity index is 522. The number of piperidine rings is 1. The van der Waals surface area contributed by atoms with Crippen LogP contribution >= 0.6 is 38.9 Å². The lowest BCUT2D eigenvalue weighted by atomic mass is 9.97.